The van der Waals surface area contributed by atoms with Gasteiger partial charge >= 0.3 is 0 Å². The SMILES string of the molecule is CC(C)CN1CCN(CCC(C)(N)C(N)=O)CC1. The first-order valence-electron chi connectivity index (χ1n) is 6.85. The van der Waals surface area contributed by atoms with Crippen molar-refractivity contribution in [3.8, 4) is 0 Å². The maximum atomic E-state index is 11.1. The van der Waals surface area contributed by atoms with Crippen LogP contribution in [0.2, 0.25) is 0 Å². The molecule has 0 spiro atoms. The van der Waals surface area contributed by atoms with Gasteiger partial charge < -0.3 is 21.3 Å². The summed E-state index contributed by atoms with van der Waals surface area (Å²) in [5, 5.41) is 0. The van der Waals surface area contributed by atoms with E-state index in [1.54, 1.807) is 6.92 Å². The molecule has 1 aliphatic heterocycles. The van der Waals surface area contributed by atoms with Crippen molar-refractivity contribution >= 4 is 5.91 Å². The molecule has 1 atom stereocenters. The lowest BCUT2D eigenvalue weighted by molar-refractivity contribution is -0.122. The second-order valence-electron chi connectivity index (χ2n) is 6.07. The lowest BCUT2D eigenvalue weighted by Gasteiger charge is -2.36. The Balaban J connectivity index is 2.26. The van der Waals surface area contributed by atoms with Crippen LogP contribution in [0.4, 0.5) is 0 Å². The summed E-state index contributed by atoms with van der Waals surface area (Å²) in [7, 11) is 0. The number of hydrogen-bond donors (Lipinski definition) is 2. The van der Waals surface area contributed by atoms with Crippen molar-refractivity contribution in [2.75, 3.05) is 39.3 Å². The first kappa shape index (κ1) is 15.4. The van der Waals surface area contributed by atoms with Crippen molar-refractivity contribution in [3.63, 3.8) is 0 Å². The number of primary amides is 1. The molecule has 0 aromatic carbocycles. The van der Waals surface area contributed by atoms with Gasteiger partial charge in [0.1, 0.15) is 0 Å². The Morgan fingerprint density at radius 3 is 2.17 bits per heavy atom. The molecule has 0 aromatic rings. The second kappa shape index (κ2) is 6.50. The van der Waals surface area contributed by atoms with Crippen LogP contribution >= 0.6 is 0 Å². The monoisotopic (exact) mass is 256 g/mol. The van der Waals surface area contributed by atoms with E-state index in [1.807, 2.05) is 0 Å². The van der Waals surface area contributed by atoms with E-state index in [-0.39, 0.29) is 0 Å². The number of hydrogen-bond acceptors (Lipinski definition) is 4. The zero-order valence-electron chi connectivity index (χ0n) is 12.0. The highest BCUT2D eigenvalue weighted by atomic mass is 16.1. The van der Waals surface area contributed by atoms with Crippen LogP contribution in [0.15, 0.2) is 0 Å². The van der Waals surface area contributed by atoms with Crippen LogP contribution in [-0.2, 0) is 4.79 Å². The average Bonchev–Trinajstić information content (AvgIpc) is 2.27. The van der Waals surface area contributed by atoms with Crippen LogP contribution in [-0.4, -0.2) is 60.5 Å². The Hall–Kier alpha value is -0.650. The van der Waals surface area contributed by atoms with Crippen molar-refractivity contribution in [3.05, 3.63) is 0 Å². The van der Waals surface area contributed by atoms with Gasteiger partial charge in [-0.1, -0.05) is 13.8 Å². The molecule has 1 aliphatic rings. The molecule has 0 radical (unpaired) electrons. The normalized spacial score (nSPS) is 22.1. The van der Waals surface area contributed by atoms with Gasteiger partial charge in [0.15, 0.2) is 0 Å². The third kappa shape index (κ3) is 4.92. The summed E-state index contributed by atoms with van der Waals surface area (Å²) in [5.41, 5.74) is 10.3. The van der Waals surface area contributed by atoms with Gasteiger partial charge in [0.25, 0.3) is 0 Å². The Morgan fingerprint density at radius 2 is 1.72 bits per heavy atom. The largest absolute Gasteiger partial charge is 0.368 e. The van der Waals surface area contributed by atoms with Crippen LogP contribution in [0.1, 0.15) is 27.2 Å². The number of rotatable bonds is 6. The smallest absolute Gasteiger partial charge is 0.237 e. The van der Waals surface area contributed by atoms with Gasteiger partial charge in [0, 0.05) is 39.3 Å². The van der Waals surface area contributed by atoms with Crippen LogP contribution in [0, 0.1) is 5.92 Å². The Morgan fingerprint density at radius 1 is 1.22 bits per heavy atom. The van der Waals surface area contributed by atoms with Crippen LogP contribution in [0.3, 0.4) is 0 Å². The Labute approximate surface area is 110 Å². The van der Waals surface area contributed by atoms with Crippen molar-refractivity contribution in [2.24, 2.45) is 17.4 Å². The molecule has 0 aliphatic carbocycles. The maximum absolute atomic E-state index is 11.1. The van der Waals surface area contributed by atoms with Crippen LogP contribution in [0.5, 0.6) is 0 Å². The standard InChI is InChI=1S/C13H28N4O/c1-11(2)10-17-8-6-16(7-9-17)5-4-13(3,15)12(14)18/h11H,4-10,15H2,1-3H3,(H2,14,18). The molecule has 0 aromatic heterocycles. The maximum Gasteiger partial charge on any atom is 0.237 e. The van der Waals surface area contributed by atoms with Crippen molar-refractivity contribution in [2.45, 2.75) is 32.7 Å². The molecule has 1 heterocycles. The fourth-order valence-electron chi connectivity index (χ4n) is 2.23. The third-order valence-corrected chi connectivity index (χ3v) is 3.60. The molecule has 5 nitrogen and oxygen atoms in total. The highest BCUT2D eigenvalue weighted by Gasteiger charge is 2.27. The van der Waals surface area contributed by atoms with Crippen molar-refractivity contribution < 1.29 is 4.79 Å². The van der Waals surface area contributed by atoms with Gasteiger partial charge in [-0.15, -0.1) is 0 Å². The van der Waals surface area contributed by atoms with E-state index in [0.717, 1.165) is 38.6 Å². The van der Waals surface area contributed by atoms with E-state index in [0.29, 0.717) is 6.42 Å². The summed E-state index contributed by atoms with van der Waals surface area (Å²) in [6.07, 6.45) is 0.631. The zero-order chi connectivity index (χ0) is 13.8. The fourth-order valence-corrected chi connectivity index (χ4v) is 2.23. The van der Waals surface area contributed by atoms with E-state index >= 15 is 0 Å². The molecule has 106 valence electrons. The predicted octanol–water partition coefficient (Wildman–Crippen LogP) is -0.147. The van der Waals surface area contributed by atoms with Gasteiger partial charge in [0.2, 0.25) is 5.91 Å². The van der Waals surface area contributed by atoms with Gasteiger partial charge in [-0.25, -0.2) is 0 Å². The first-order chi connectivity index (χ1) is 8.31. The van der Waals surface area contributed by atoms with Gasteiger partial charge in [-0.2, -0.15) is 0 Å². The van der Waals surface area contributed by atoms with Gasteiger partial charge in [0.05, 0.1) is 5.54 Å². The molecular formula is C13H28N4O. The molecule has 0 bridgehead atoms. The zero-order valence-corrected chi connectivity index (χ0v) is 12.0. The number of nitrogens with zero attached hydrogens (tertiary/aromatic N) is 2. The van der Waals surface area contributed by atoms with E-state index in [1.165, 1.54) is 6.54 Å². The number of piperazine rings is 1. The molecule has 1 unspecified atom stereocenters. The molecule has 1 amide bonds. The Kier molecular flexibility index (Phi) is 5.56. The summed E-state index contributed by atoms with van der Waals surface area (Å²) in [5.74, 6) is 0.305. The lowest BCUT2D eigenvalue weighted by atomic mass is 9.98. The van der Waals surface area contributed by atoms with Gasteiger partial charge in [-0.3, -0.25) is 4.79 Å². The number of nitrogens with two attached hydrogens (primary N) is 2. The number of carbonyl (C=O) groups is 1. The van der Waals surface area contributed by atoms with E-state index < -0.39 is 11.4 Å². The number of amides is 1. The predicted molar refractivity (Wildman–Crippen MR) is 74.1 cm³/mol. The molecule has 0 saturated carbocycles. The molecule has 1 saturated heterocycles. The minimum Gasteiger partial charge on any atom is -0.368 e. The molecule has 18 heavy (non-hydrogen) atoms. The first-order valence-corrected chi connectivity index (χ1v) is 6.85. The summed E-state index contributed by atoms with van der Waals surface area (Å²) >= 11 is 0. The van der Waals surface area contributed by atoms with Crippen LogP contribution in [0.25, 0.3) is 0 Å². The Bertz CT molecular complexity index is 270. The fraction of sp³-hybridized carbons (Fsp3) is 0.923. The van der Waals surface area contributed by atoms with E-state index in [2.05, 4.69) is 23.6 Å². The van der Waals surface area contributed by atoms with Crippen LogP contribution < -0.4 is 11.5 Å². The highest BCUT2D eigenvalue weighted by Crippen LogP contribution is 2.09. The van der Waals surface area contributed by atoms with Gasteiger partial charge in [-0.05, 0) is 19.3 Å². The van der Waals surface area contributed by atoms with E-state index in [4.69, 9.17) is 11.5 Å². The average molecular weight is 256 g/mol. The summed E-state index contributed by atoms with van der Waals surface area (Å²) < 4.78 is 0. The summed E-state index contributed by atoms with van der Waals surface area (Å²) in [6.45, 7) is 12.6. The summed E-state index contributed by atoms with van der Waals surface area (Å²) in [4.78, 5) is 16.0. The topological polar surface area (TPSA) is 75.6 Å². The summed E-state index contributed by atoms with van der Waals surface area (Å²) in [6, 6.07) is 0. The molecule has 1 rings (SSSR count). The molecule has 4 N–H and O–H groups in total. The molecule has 1 fully saturated rings. The number of carbonyl (C=O) groups excluding carboxylic acids is 1. The van der Waals surface area contributed by atoms with E-state index in [9.17, 15) is 4.79 Å². The lowest BCUT2D eigenvalue weighted by Crippen LogP contribution is -2.53. The quantitative estimate of drug-likeness (QED) is 0.693. The minimum atomic E-state index is -0.880. The molecule has 5 heteroatoms. The highest BCUT2D eigenvalue weighted by molar-refractivity contribution is 5.83. The third-order valence-electron chi connectivity index (χ3n) is 3.60. The van der Waals surface area contributed by atoms with Crippen molar-refractivity contribution in [1.82, 2.24) is 9.80 Å². The molecular weight excluding hydrogens is 228 g/mol. The minimum absolute atomic E-state index is 0.416. The second-order valence-corrected chi connectivity index (χ2v) is 6.07. The van der Waals surface area contributed by atoms with Crippen molar-refractivity contribution in [1.29, 1.82) is 0 Å².